The van der Waals surface area contributed by atoms with Crippen LogP contribution in [0.3, 0.4) is 0 Å². The predicted molar refractivity (Wildman–Crippen MR) is 120 cm³/mol. The van der Waals surface area contributed by atoms with Crippen molar-refractivity contribution in [3.8, 4) is 11.3 Å². The molecule has 1 atom stereocenters. The van der Waals surface area contributed by atoms with Crippen LogP contribution in [-0.2, 0) is 11.3 Å². The summed E-state index contributed by atoms with van der Waals surface area (Å²) in [5.74, 6) is -0.213. The number of aromatic nitrogens is 1. The van der Waals surface area contributed by atoms with Crippen molar-refractivity contribution < 1.29 is 9.59 Å². The Balaban J connectivity index is 1.64. The Kier molecular flexibility index (Phi) is 6.96. The van der Waals surface area contributed by atoms with Gasteiger partial charge in [-0.25, -0.2) is 0 Å². The first-order chi connectivity index (χ1) is 14.5. The number of amides is 2. The first kappa shape index (κ1) is 21.2. The molecule has 2 aromatic carbocycles. The maximum Gasteiger partial charge on any atom is 0.253 e. The number of benzene rings is 2. The van der Waals surface area contributed by atoms with E-state index in [4.69, 9.17) is 0 Å². The summed E-state index contributed by atoms with van der Waals surface area (Å²) in [6.45, 7) is 6.09. The Labute approximate surface area is 177 Å². The number of pyridine rings is 1. The molecule has 2 amide bonds. The van der Waals surface area contributed by atoms with E-state index in [0.717, 1.165) is 28.9 Å². The summed E-state index contributed by atoms with van der Waals surface area (Å²) in [6, 6.07) is 21.1. The van der Waals surface area contributed by atoms with E-state index < -0.39 is 0 Å². The second-order valence-corrected chi connectivity index (χ2v) is 7.38. The molecular weight excluding hydrogens is 374 g/mol. The summed E-state index contributed by atoms with van der Waals surface area (Å²) in [5.41, 5.74) is 4.74. The number of carbonyl (C=O) groups excluding carboxylic acids is 2. The number of hydrogen-bond acceptors (Lipinski definition) is 3. The molecule has 0 radical (unpaired) electrons. The van der Waals surface area contributed by atoms with E-state index in [0.29, 0.717) is 17.8 Å². The van der Waals surface area contributed by atoms with Gasteiger partial charge in [0.2, 0.25) is 5.91 Å². The molecule has 1 unspecified atom stereocenters. The van der Waals surface area contributed by atoms with E-state index in [9.17, 15) is 9.59 Å². The van der Waals surface area contributed by atoms with Crippen molar-refractivity contribution in [2.75, 3.05) is 5.32 Å². The fourth-order valence-electron chi connectivity index (χ4n) is 3.06. The zero-order valence-electron chi connectivity index (χ0n) is 17.6. The molecule has 2 N–H and O–H groups in total. The minimum Gasteiger partial charge on any atom is -0.348 e. The van der Waals surface area contributed by atoms with Gasteiger partial charge in [0.15, 0.2) is 0 Å². The van der Waals surface area contributed by atoms with Gasteiger partial charge < -0.3 is 10.6 Å². The van der Waals surface area contributed by atoms with Gasteiger partial charge in [-0.1, -0.05) is 56.3 Å². The average Bonchev–Trinajstić information content (AvgIpc) is 2.77. The lowest BCUT2D eigenvalue weighted by atomic mass is 10.1. The highest BCUT2D eigenvalue weighted by Gasteiger charge is 2.13. The molecule has 0 aliphatic heterocycles. The Morgan fingerprint density at radius 2 is 1.77 bits per heavy atom. The number of nitrogens with zero attached hydrogens (tertiary/aromatic N) is 1. The van der Waals surface area contributed by atoms with Crippen molar-refractivity contribution in [1.29, 1.82) is 0 Å². The average molecular weight is 402 g/mol. The molecule has 0 fully saturated rings. The first-order valence-electron chi connectivity index (χ1n) is 10.2. The normalized spacial score (nSPS) is 11.6. The lowest BCUT2D eigenvalue weighted by Gasteiger charge is -2.12. The number of anilines is 1. The molecule has 30 heavy (non-hydrogen) atoms. The van der Waals surface area contributed by atoms with E-state index in [1.54, 1.807) is 0 Å². The minimum atomic E-state index is -0.173. The summed E-state index contributed by atoms with van der Waals surface area (Å²) >= 11 is 0. The Morgan fingerprint density at radius 3 is 2.47 bits per heavy atom. The third-order valence-corrected chi connectivity index (χ3v) is 5.11. The predicted octanol–water partition coefficient (Wildman–Crippen LogP) is 4.97. The molecule has 3 rings (SSSR count). The topological polar surface area (TPSA) is 71.1 Å². The van der Waals surface area contributed by atoms with E-state index in [-0.39, 0.29) is 17.7 Å². The molecular formula is C25H27N3O2. The van der Waals surface area contributed by atoms with Crippen LogP contribution in [0.15, 0.2) is 66.7 Å². The first-order valence-corrected chi connectivity index (χ1v) is 10.2. The molecule has 1 aromatic heterocycles. The largest absolute Gasteiger partial charge is 0.348 e. The SMILES string of the molecule is CCC(C)C(=O)Nc1cccc(CNC(=O)c2ccc(-c3ccccc3)nc2C)c1. The molecule has 154 valence electrons. The molecule has 0 saturated carbocycles. The number of hydrogen-bond donors (Lipinski definition) is 2. The number of carbonyl (C=O) groups is 2. The van der Waals surface area contributed by atoms with Crippen LogP contribution >= 0.6 is 0 Å². The van der Waals surface area contributed by atoms with Gasteiger partial charge in [0.25, 0.3) is 5.91 Å². The van der Waals surface area contributed by atoms with Crippen molar-refractivity contribution >= 4 is 17.5 Å². The zero-order chi connectivity index (χ0) is 21.5. The van der Waals surface area contributed by atoms with E-state index in [1.807, 2.05) is 87.5 Å². The lowest BCUT2D eigenvalue weighted by molar-refractivity contribution is -0.119. The lowest BCUT2D eigenvalue weighted by Crippen LogP contribution is -2.24. The number of rotatable bonds is 7. The van der Waals surface area contributed by atoms with Crippen LogP contribution in [0.5, 0.6) is 0 Å². The van der Waals surface area contributed by atoms with Crippen LogP contribution in [-0.4, -0.2) is 16.8 Å². The summed E-state index contributed by atoms with van der Waals surface area (Å²) in [4.78, 5) is 29.3. The van der Waals surface area contributed by atoms with Gasteiger partial charge in [-0.15, -0.1) is 0 Å². The Bertz CT molecular complexity index is 1030. The van der Waals surface area contributed by atoms with Gasteiger partial charge in [0.1, 0.15) is 0 Å². The summed E-state index contributed by atoms with van der Waals surface area (Å²) < 4.78 is 0. The van der Waals surface area contributed by atoms with Crippen molar-refractivity contribution in [1.82, 2.24) is 10.3 Å². The van der Waals surface area contributed by atoms with Crippen LogP contribution in [0, 0.1) is 12.8 Å². The second kappa shape index (κ2) is 9.83. The third-order valence-electron chi connectivity index (χ3n) is 5.11. The molecule has 0 saturated heterocycles. The zero-order valence-corrected chi connectivity index (χ0v) is 17.6. The third kappa shape index (κ3) is 5.32. The number of nitrogens with one attached hydrogen (secondary N) is 2. The van der Waals surface area contributed by atoms with Crippen LogP contribution in [0.1, 0.15) is 41.9 Å². The van der Waals surface area contributed by atoms with Gasteiger partial charge in [0.05, 0.1) is 17.0 Å². The van der Waals surface area contributed by atoms with Crippen molar-refractivity contribution in [3.05, 3.63) is 83.6 Å². The second-order valence-electron chi connectivity index (χ2n) is 7.38. The fourth-order valence-corrected chi connectivity index (χ4v) is 3.06. The summed E-state index contributed by atoms with van der Waals surface area (Å²) in [5, 5.41) is 5.86. The maximum absolute atomic E-state index is 12.7. The summed E-state index contributed by atoms with van der Waals surface area (Å²) in [6.07, 6.45) is 0.790. The van der Waals surface area contributed by atoms with Crippen LogP contribution in [0.25, 0.3) is 11.3 Å². The van der Waals surface area contributed by atoms with Gasteiger partial charge in [-0.3, -0.25) is 14.6 Å². The molecule has 1 heterocycles. The minimum absolute atomic E-state index is 0.00103. The molecule has 5 heteroatoms. The highest BCUT2D eigenvalue weighted by atomic mass is 16.2. The molecule has 0 spiro atoms. The fraction of sp³-hybridized carbons (Fsp3) is 0.240. The quantitative estimate of drug-likeness (QED) is 0.587. The molecule has 3 aromatic rings. The monoisotopic (exact) mass is 401 g/mol. The van der Waals surface area contributed by atoms with Crippen molar-refractivity contribution in [2.45, 2.75) is 33.7 Å². The van der Waals surface area contributed by atoms with Crippen molar-refractivity contribution in [2.24, 2.45) is 5.92 Å². The van der Waals surface area contributed by atoms with Gasteiger partial charge >= 0.3 is 0 Å². The molecule has 0 aliphatic rings. The van der Waals surface area contributed by atoms with Crippen LogP contribution in [0.4, 0.5) is 5.69 Å². The van der Waals surface area contributed by atoms with E-state index in [2.05, 4.69) is 15.6 Å². The van der Waals surface area contributed by atoms with Gasteiger partial charge in [-0.05, 0) is 43.2 Å². The van der Waals surface area contributed by atoms with Gasteiger partial charge in [-0.2, -0.15) is 0 Å². The van der Waals surface area contributed by atoms with Crippen molar-refractivity contribution in [3.63, 3.8) is 0 Å². The van der Waals surface area contributed by atoms with E-state index in [1.165, 1.54) is 0 Å². The molecule has 0 bridgehead atoms. The standard InChI is InChI=1S/C25H27N3O2/c1-4-17(2)24(29)28-21-12-8-9-19(15-21)16-26-25(30)22-13-14-23(27-18(22)3)20-10-6-5-7-11-20/h5-15,17H,4,16H2,1-3H3,(H,26,30)(H,28,29). The number of aryl methyl sites for hydroxylation is 1. The summed E-state index contributed by atoms with van der Waals surface area (Å²) in [7, 11) is 0. The smallest absolute Gasteiger partial charge is 0.253 e. The van der Waals surface area contributed by atoms with Gasteiger partial charge in [0, 0.05) is 23.7 Å². The molecule has 0 aliphatic carbocycles. The highest BCUT2D eigenvalue weighted by Crippen LogP contribution is 2.19. The Morgan fingerprint density at radius 1 is 1.00 bits per heavy atom. The van der Waals surface area contributed by atoms with Crippen LogP contribution in [0.2, 0.25) is 0 Å². The highest BCUT2D eigenvalue weighted by molar-refractivity contribution is 5.95. The van der Waals surface area contributed by atoms with E-state index >= 15 is 0 Å². The Hall–Kier alpha value is -3.47. The molecule has 5 nitrogen and oxygen atoms in total. The van der Waals surface area contributed by atoms with Crippen LogP contribution < -0.4 is 10.6 Å². The maximum atomic E-state index is 12.7.